The molecule has 1 aliphatic heterocycles. The number of hydrogen-bond acceptors (Lipinski definition) is 6. The van der Waals surface area contributed by atoms with E-state index in [1.165, 1.54) is 12.1 Å². The molecule has 4 aromatic rings. The van der Waals surface area contributed by atoms with Gasteiger partial charge in [-0.25, -0.2) is 4.39 Å². The first-order valence-electron chi connectivity index (χ1n) is 8.96. The first kappa shape index (κ1) is 16.0. The summed E-state index contributed by atoms with van der Waals surface area (Å²) in [5.74, 6) is 0.737. The first-order chi connectivity index (χ1) is 13.3. The third-order valence-corrected chi connectivity index (χ3v) is 4.85. The minimum Gasteiger partial charge on any atom is -0.423 e. The third kappa shape index (κ3) is 3.05. The Kier molecular flexibility index (Phi) is 3.85. The van der Waals surface area contributed by atoms with Crippen LogP contribution in [-0.4, -0.2) is 28.2 Å². The molecule has 0 amide bonds. The Bertz CT molecular complexity index is 1060. The molecule has 2 aromatic carbocycles. The van der Waals surface area contributed by atoms with Gasteiger partial charge >= 0.3 is 0 Å². The Morgan fingerprint density at radius 2 is 2.00 bits per heavy atom. The maximum absolute atomic E-state index is 13.4. The highest BCUT2D eigenvalue weighted by molar-refractivity contribution is 5.74. The van der Waals surface area contributed by atoms with Crippen molar-refractivity contribution in [3.8, 4) is 11.4 Å². The molecule has 0 bridgehead atoms. The van der Waals surface area contributed by atoms with Crippen molar-refractivity contribution in [3.05, 3.63) is 60.2 Å². The van der Waals surface area contributed by atoms with Crippen LogP contribution in [0.25, 0.3) is 22.5 Å². The summed E-state index contributed by atoms with van der Waals surface area (Å²) in [6.07, 6.45) is 1.92. The molecule has 136 valence electrons. The van der Waals surface area contributed by atoms with Gasteiger partial charge in [-0.15, -0.1) is 0 Å². The molecular formula is C20H17FN4O2. The summed E-state index contributed by atoms with van der Waals surface area (Å²) in [6.45, 7) is 1.56. The van der Waals surface area contributed by atoms with Crippen LogP contribution < -0.4 is 4.90 Å². The fraction of sp³-hybridized carbons (Fsp3) is 0.250. The zero-order valence-corrected chi connectivity index (χ0v) is 14.5. The molecule has 6 nitrogen and oxygen atoms in total. The molecule has 1 saturated heterocycles. The lowest BCUT2D eigenvalue weighted by Crippen LogP contribution is -2.34. The molecule has 1 aliphatic rings. The van der Waals surface area contributed by atoms with Crippen LogP contribution >= 0.6 is 0 Å². The number of nitrogens with zero attached hydrogens (tertiary/aromatic N) is 4. The number of rotatable bonds is 3. The van der Waals surface area contributed by atoms with Gasteiger partial charge in [0.2, 0.25) is 11.7 Å². The fourth-order valence-corrected chi connectivity index (χ4v) is 3.49. The summed E-state index contributed by atoms with van der Waals surface area (Å²) >= 11 is 0. The Hall–Kier alpha value is -3.22. The summed E-state index contributed by atoms with van der Waals surface area (Å²) in [5, 5.41) is 4.02. The van der Waals surface area contributed by atoms with Crippen molar-refractivity contribution in [2.75, 3.05) is 18.0 Å². The number of anilines is 1. The number of benzene rings is 2. The van der Waals surface area contributed by atoms with Gasteiger partial charge in [-0.2, -0.15) is 9.97 Å². The molecule has 1 atom stereocenters. The molecule has 0 radical (unpaired) electrons. The molecule has 27 heavy (non-hydrogen) atoms. The van der Waals surface area contributed by atoms with Crippen LogP contribution in [0, 0.1) is 5.82 Å². The van der Waals surface area contributed by atoms with Gasteiger partial charge in [-0.3, -0.25) is 0 Å². The molecular weight excluding hydrogens is 347 g/mol. The van der Waals surface area contributed by atoms with E-state index in [2.05, 4.69) is 20.0 Å². The SMILES string of the molecule is Fc1cccc(-c2noc(C3CCCN(c4nc5ccccc5o4)C3)n2)c1. The quantitative estimate of drug-likeness (QED) is 0.537. The number of para-hydroxylation sites is 2. The maximum atomic E-state index is 13.4. The predicted molar refractivity (Wildman–Crippen MR) is 97.9 cm³/mol. The number of oxazole rings is 1. The molecule has 3 heterocycles. The van der Waals surface area contributed by atoms with Gasteiger partial charge in [0.25, 0.3) is 6.01 Å². The van der Waals surface area contributed by atoms with Crippen molar-refractivity contribution >= 4 is 17.1 Å². The summed E-state index contributed by atoms with van der Waals surface area (Å²) < 4.78 is 24.8. The summed E-state index contributed by atoms with van der Waals surface area (Å²) in [7, 11) is 0. The van der Waals surface area contributed by atoms with Gasteiger partial charge in [0.1, 0.15) is 11.3 Å². The average Bonchev–Trinajstić information content (AvgIpc) is 3.35. The highest BCUT2D eigenvalue weighted by Crippen LogP contribution is 2.31. The average molecular weight is 364 g/mol. The Morgan fingerprint density at radius 1 is 1.07 bits per heavy atom. The van der Waals surface area contributed by atoms with Crippen LogP contribution in [0.2, 0.25) is 0 Å². The molecule has 0 saturated carbocycles. The second-order valence-electron chi connectivity index (χ2n) is 6.72. The van der Waals surface area contributed by atoms with E-state index in [0.717, 1.165) is 30.5 Å². The molecule has 0 N–H and O–H groups in total. The van der Waals surface area contributed by atoms with E-state index in [1.807, 2.05) is 24.3 Å². The molecule has 0 aliphatic carbocycles. The lowest BCUT2D eigenvalue weighted by atomic mass is 9.98. The summed E-state index contributed by atoms with van der Waals surface area (Å²) in [6, 6.07) is 14.5. The van der Waals surface area contributed by atoms with Crippen molar-refractivity contribution in [1.29, 1.82) is 0 Å². The second kappa shape index (κ2) is 6.50. The van der Waals surface area contributed by atoms with Crippen molar-refractivity contribution < 1.29 is 13.3 Å². The van der Waals surface area contributed by atoms with Gasteiger partial charge < -0.3 is 13.8 Å². The van der Waals surface area contributed by atoms with E-state index in [4.69, 9.17) is 8.94 Å². The number of piperidine rings is 1. The lowest BCUT2D eigenvalue weighted by molar-refractivity contribution is 0.330. The molecule has 7 heteroatoms. The highest BCUT2D eigenvalue weighted by Gasteiger charge is 2.28. The Balaban J connectivity index is 1.38. The maximum Gasteiger partial charge on any atom is 0.298 e. The predicted octanol–water partition coefficient (Wildman–Crippen LogP) is 4.40. The third-order valence-electron chi connectivity index (χ3n) is 4.85. The smallest absolute Gasteiger partial charge is 0.298 e. The first-order valence-corrected chi connectivity index (χ1v) is 8.96. The van der Waals surface area contributed by atoms with Gasteiger partial charge in [0.05, 0.1) is 5.92 Å². The molecule has 5 rings (SSSR count). The normalized spacial score (nSPS) is 17.5. The minimum atomic E-state index is -0.321. The molecule has 2 aromatic heterocycles. The second-order valence-corrected chi connectivity index (χ2v) is 6.72. The summed E-state index contributed by atoms with van der Waals surface area (Å²) in [5.41, 5.74) is 2.23. The monoisotopic (exact) mass is 364 g/mol. The zero-order chi connectivity index (χ0) is 18.2. The van der Waals surface area contributed by atoms with Crippen molar-refractivity contribution in [2.24, 2.45) is 0 Å². The standard InChI is InChI=1S/C20H17FN4O2/c21-15-7-3-5-13(11-15)18-23-19(27-24-18)14-6-4-10-25(12-14)20-22-16-8-1-2-9-17(16)26-20/h1-3,5,7-9,11,14H,4,6,10,12H2. The summed E-state index contributed by atoms with van der Waals surface area (Å²) in [4.78, 5) is 11.2. The van der Waals surface area contributed by atoms with Crippen molar-refractivity contribution in [3.63, 3.8) is 0 Å². The van der Waals surface area contributed by atoms with Crippen LogP contribution in [0.4, 0.5) is 10.4 Å². The number of fused-ring (bicyclic) bond motifs is 1. The Morgan fingerprint density at radius 3 is 2.89 bits per heavy atom. The Labute approximate surface area is 154 Å². The van der Waals surface area contributed by atoms with E-state index < -0.39 is 0 Å². The lowest BCUT2D eigenvalue weighted by Gasteiger charge is -2.29. The van der Waals surface area contributed by atoms with Gasteiger partial charge in [-0.1, -0.05) is 29.4 Å². The fourth-order valence-electron chi connectivity index (χ4n) is 3.49. The molecule has 1 unspecified atom stereocenters. The van der Waals surface area contributed by atoms with Gasteiger partial charge in [-0.05, 0) is 37.1 Å². The van der Waals surface area contributed by atoms with E-state index in [-0.39, 0.29) is 11.7 Å². The largest absolute Gasteiger partial charge is 0.423 e. The van der Waals surface area contributed by atoms with E-state index in [9.17, 15) is 4.39 Å². The molecule has 1 fully saturated rings. The topological polar surface area (TPSA) is 68.2 Å². The van der Waals surface area contributed by atoms with Crippen LogP contribution in [-0.2, 0) is 0 Å². The van der Waals surface area contributed by atoms with E-state index in [1.54, 1.807) is 12.1 Å². The molecule has 0 spiro atoms. The van der Waals surface area contributed by atoms with Crippen molar-refractivity contribution in [2.45, 2.75) is 18.8 Å². The van der Waals surface area contributed by atoms with Crippen LogP contribution in [0.5, 0.6) is 0 Å². The van der Waals surface area contributed by atoms with Crippen LogP contribution in [0.15, 0.2) is 57.5 Å². The van der Waals surface area contributed by atoms with Crippen LogP contribution in [0.1, 0.15) is 24.7 Å². The van der Waals surface area contributed by atoms with Crippen LogP contribution in [0.3, 0.4) is 0 Å². The van der Waals surface area contributed by atoms with E-state index >= 15 is 0 Å². The minimum absolute atomic E-state index is 0.0866. The number of halogens is 1. The van der Waals surface area contributed by atoms with Gasteiger partial charge in [0, 0.05) is 18.7 Å². The number of hydrogen-bond donors (Lipinski definition) is 0. The highest BCUT2D eigenvalue weighted by atomic mass is 19.1. The van der Waals surface area contributed by atoms with E-state index in [0.29, 0.717) is 29.8 Å². The number of aromatic nitrogens is 3. The zero-order valence-electron chi connectivity index (χ0n) is 14.5. The van der Waals surface area contributed by atoms with Crippen molar-refractivity contribution in [1.82, 2.24) is 15.1 Å². The van der Waals surface area contributed by atoms with Gasteiger partial charge in [0.15, 0.2) is 5.58 Å².